The van der Waals surface area contributed by atoms with Crippen LogP contribution < -0.4 is 10.1 Å². The first-order chi connectivity index (χ1) is 10.3. The molecule has 0 aliphatic heterocycles. The van der Waals surface area contributed by atoms with Crippen LogP contribution in [0.2, 0.25) is 0 Å². The first-order valence-electron chi connectivity index (χ1n) is 8.33. The van der Waals surface area contributed by atoms with Gasteiger partial charge in [-0.2, -0.15) is 0 Å². The van der Waals surface area contributed by atoms with Crippen molar-refractivity contribution in [2.45, 2.75) is 58.0 Å². The lowest BCUT2D eigenvalue weighted by Crippen LogP contribution is -2.16. The summed E-state index contributed by atoms with van der Waals surface area (Å²) in [6.45, 7) is 3.60. The highest BCUT2D eigenvalue weighted by atomic mass is 16.5. The van der Waals surface area contributed by atoms with E-state index in [1.54, 1.807) is 0 Å². The van der Waals surface area contributed by atoms with E-state index in [0.29, 0.717) is 6.54 Å². The Balaban J connectivity index is 2.12. The van der Waals surface area contributed by atoms with Gasteiger partial charge in [0.15, 0.2) is 0 Å². The third kappa shape index (κ3) is 8.08. The van der Waals surface area contributed by atoms with Crippen LogP contribution in [0.4, 0.5) is 0 Å². The summed E-state index contributed by atoms with van der Waals surface area (Å²) in [6, 6.07) is 7.75. The SMILES string of the molecule is CCCCCCCCCOc1ccc(C(O)CNC)cc1. The number of nitrogens with one attached hydrogen (secondary N) is 1. The fraction of sp³-hybridized carbons (Fsp3) is 0.667. The molecule has 2 N–H and O–H groups in total. The molecule has 0 heterocycles. The van der Waals surface area contributed by atoms with Crippen molar-refractivity contribution in [3.05, 3.63) is 29.8 Å². The van der Waals surface area contributed by atoms with Crippen LogP contribution in [-0.4, -0.2) is 25.3 Å². The van der Waals surface area contributed by atoms with E-state index >= 15 is 0 Å². The second-order valence-corrected chi connectivity index (χ2v) is 5.61. The number of rotatable bonds is 12. The van der Waals surface area contributed by atoms with Gasteiger partial charge in [-0.3, -0.25) is 0 Å². The Bertz CT molecular complexity index is 351. The number of ether oxygens (including phenoxy) is 1. The summed E-state index contributed by atoms with van der Waals surface area (Å²) in [5.74, 6) is 0.890. The molecular weight excluding hydrogens is 262 g/mol. The lowest BCUT2D eigenvalue weighted by atomic mass is 10.1. The standard InChI is InChI=1S/C18H31NO2/c1-3-4-5-6-7-8-9-14-21-17-12-10-16(11-13-17)18(20)15-19-2/h10-13,18-20H,3-9,14-15H2,1-2H3. The molecule has 0 fully saturated rings. The number of aliphatic hydroxyl groups excluding tert-OH is 1. The predicted octanol–water partition coefficient (Wildman–Crippen LogP) is 4.07. The fourth-order valence-electron chi connectivity index (χ4n) is 2.35. The maximum atomic E-state index is 9.84. The first kappa shape index (κ1) is 18.0. The van der Waals surface area contributed by atoms with Crippen molar-refractivity contribution in [2.75, 3.05) is 20.2 Å². The van der Waals surface area contributed by atoms with Gasteiger partial charge in [-0.05, 0) is 31.2 Å². The van der Waals surface area contributed by atoms with Crippen molar-refractivity contribution in [1.29, 1.82) is 0 Å². The molecule has 1 atom stereocenters. The number of likely N-dealkylation sites (N-methyl/N-ethyl adjacent to an activating group) is 1. The molecule has 0 aliphatic rings. The second-order valence-electron chi connectivity index (χ2n) is 5.61. The van der Waals surface area contributed by atoms with E-state index in [-0.39, 0.29) is 0 Å². The Labute approximate surface area is 129 Å². The highest BCUT2D eigenvalue weighted by molar-refractivity contribution is 5.28. The van der Waals surface area contributed by atoms with Crippen LogP contribution in [0.3, 0.4) is 0 Å². The molecule has 0 amide bonds. The lowest BCUT2D eigenvalue weighted by molar-refractivity contribution is 0.177. The van der Waals surface area contributed by atoms with Gasteiger partial charge in [-0.25, -0.2) is 0 Å². The van der Waals surface area contributed by atoms with Gasteiger partial charge in [0.1, 0.15) is 5.75 Å². The molecule has 3 nitrogen and oxygen atoms in total. The topological polar surface area (TPSA) is 41.5 Å². The molecule has 120 valence electrons. The van der Waals surface area contributed by atoms with Gasteiger partial charge < -0.3 is 15.2 Å². The van der Waals surface area contributed by atoms with Crippen molar-refractivity contribution < 1.29 is 9.84 Å². The van der Waals surface area contributed by atoms with Crippen molar-refractivity contribution in [1.82, 2.24) is 5.32 Å². The van der Waals surface area contributed by atoms with Gasteiger partial charge in [0.05, 0.1) is 12.7 Å². The van der Waals surface area contributed by atoms with Crippen LogP contribution in [-0.2, 0) is 0 Å². The Hall–Kier alpha value is -1.06. The predicted molar refractivity (Wildman–Crippen MR) is 88.8 cm³/mol. The van der Waals surface area contributed by atoms with E-state index in [1.165, 1.54) is 38.5 Å². The third-order valence-corrected chi connectivity index (χ3v) is 3.68. The Kier molecular flexibility index (Phi) is 9.92. The molecule has 21 heavy (non-hydrogen) atoms. The number of benzene rings is 1. The van der Waals surface area contributed by atoms with E-state index in [1.807, 2.05) is 31.3 Å². The number of aliphatic hydroxyl groups is 1. The zero-order valence-electron chi connectivity index (χ0n) is 13.6. The Morgan fingerprint density at radius 1 is 1.00 bits per heavy atom. The van der Waals surface area contributed by atoms with Gasteiger partial charge in [-0.15, -0.1) is 0 Å². The van der Waals surface area contributed by atoms with Crippen molar-refractivity contribution in [2.24, 2.45) is 0 Å². The maximum Gasteiger partial charge on any atom is 0.119 e. The minimum Gasteiger partial charge on any atom is -0.494 e. The summed E-state index contributed by atoms with van der Waals surface area (Å²) < 4.78 is 5.73. The average Bonchev–Trinajstić information content (AvgIpc) is 2.51. The molecule has 1 unspecified atom stereocenters. The normalized spacial score (nSPS) is 12.3. The van der Waals surface area contributed by atoms with Crippen LogP contribution in [0, 0.1) is 0 Å². The van der Waals surface area contributed by atoms with Gasteiger partial charge in [0.25, 0.3) is 0 Å². The molecule has 1 rings (SSSR count). The Morgan fingerprint density at radius 2 is 1.62 bits per heavy atom. The van der Waals surface area contributed by atoms with Crippen molar-refractivity contribution >= 4 is 0 Å². The quantitative estimate of drug-likeness (QED) is 0.571. The molecule has 1 aromatic carbocycles. The molecule has 0 aromatic heterocycles. The van der Waals surface area contributed by atoms with E-state index in [2.05, 4.69) is 12.2 Å². The largest absolute Gasteiger partial charge is 0.494 e. The van der Waals surface area contributed by atoms with Crippen molar-refractivity contribution in [3.63, 3.8) is 0 Å². The molecule has 1 aromatic rings. The minimum absolute atomic E-state index is 0.452. The van der Waals surface area contributed by atoms with Crippen LogP contribution in [0.1, 0.15) is 63.5 Å². The summed E-state index contributed by atoms with van der Waals surface area (Å²) in [5.41, 5.74) is 0.924. The molecule has 0 bridgehead atoms. The highest BCUT2D eigenvalue weighted by Crippen LogP contribution is 2.18. The molecule has 3 heteroatoms. The van der Waals surface area contributed by atoms with Crippen LogP contribution >= 0.6 is 0 Å². The average molecular weight is 293 g/mol. The summed E-state index contributed by atoms with van der Waals surface area (Å²) in [5, 5.41) is 12.8. The van der Waals surface area contributed by atoms with E-state index in [0.717, 1.165) is 24.3 Å². The Morgan fingerprint density at radius 3 is 2.24 bits per heavy atom. The van der Waals surface area contributed by atoms with E-state index in [4.69, 9.17) is 4.74 Å². The first-order valence-corrected chi connectivity index (χ1v) is 8.33. The van der Waals surface area contributed by atoms with Crippen molar-refractivity contribution in [3.8, 4) is 5.75 Å². The lowest BCUT2D eigenvalue weighted by Gasteiger charge is -2.11. The summed E-state index contributed by atoms with van der Waals surface area (Å²) in [7, 11) is 1.84. The molecule has 0 radical (unpaired) electrons. The molecule has 0 saturated heterocycles. The number of hydrogen-bond acceptors (Lipinski definition) is 3. The fourth-order valence-corrected chi connectivity index (χ4v) is 2.35. The monoisotopic (exact) mass is 293 g/mol. The maximum absolute atomic E-state index is 9.84. The minimum atomic E-state index is -0.452. The zero-order valence-corrected chi connectivity index (χ0v) is 13.6. The molecule has 0 saturated carbocycles. The smallest absolute Gasteiger partial charge is 0.119 e. The van der Waals surface area contributed by atoms with E-state index in [9.17, 15) is 5.11 Å². The van der Waals surface area contributed by atoms with Gasteiger partial charge in [-0.1, -0.05) is 57.6 Å². The highest BCUT2D eigenvalue weighted by Gasteiger charge is 2.05. The van der Waals surface area contributed by atoms with Crippen LogP contribution in [0.15, 0.2) is 24.3 Å². The number of hydrogen-bond donors (Lipinski definition) is 2. The van der Waals surface area contributed by atoms with Crippen LogP contribution in [0.5, 0.6) is 5.75 Å². The second kappa shape index (κ2) is 11.6. The zero-order chi connectivity index (χ0) is 15.3. The molecule has 0 aliphatic carbocycles. The van der Waals surface area contributed by atoms with Gasteiger partial charge in [0, 0.05) is 6.54 Å². The van der Waals surface area contributed by atoms with Gasteiger partial charge >= 0.3 is 0 Å². The summed E-state index contributed by atoms with van der Waals surface area (Å²) in [6.07, 6.45) is 8.63. The molecule has 0 spiro atoms. The van der Waals surface area contributed by atoms with Crippen LogP contribution in [0.25, 0.3) is 0 Å². The summed E-state index contributed by atoms with van der Waals surface area (Å²) in [4.78, 5) is 0. The number of unbranched alkanes of at least 4 members (excludes halogenated alkanes) is 6. The molecular formula is C18H31NO2. The third-order valence-electron chi connectivity index (χ3n) is 3.68. The van der Waals surface area contributed by atoms with Gasteiger partial charge in [0.2, 0.25) is 0 Å². The summed E-state index contributed by atoms with van der Waals surface area (Å²) >= 11 is 0. The van der Waals surface area contributed by atoms with E-state index < -0.39 is 6.10 Å².